The van der Waals surface area contributed by atoms with E-state index in [1.54, 1.807) is 18.2 Å². The van der Waals surface area contributed by atoms with Crippen molar-refractivity contribution >= 4 is 45.8 Å². The van der Waals surface area contributed by atoms with E-state index in [1.165, 1.54) is 0 Å². The minimum atomic E-state index is -0.851. The summed E-state index contributed by atoms with van der Waals surface area (Å²) in [4.78, 5) is 69.7. The van der Waals surface area contributed by atoms with Gasteiger partial charge in [0.05, 0.1) is 11.0 Å². The van der Waals surface area contributed by atoms with Gasteiger partial charge in [-0.3, -0.25) is 9.59 Å². The molecule has 6 N–H and O–H groups in total. The van der Waals surface area contributed by atoms with Crippen molar-refractivity contribution in [1.82, 2.24) is 35.6 Å². The maximum absolute atomic E-state index is 13.8. The third-order valence-electron chi connectivity index (χ3n) is 9.92. The smallest absolute Gasteiger partial charge is 0.407 e. The van der Waals surface area contributed by atoms with Gasteiger partial charge in [-0.1, -0.05) is 24.3 Å². The third kappa shape index (κ3) is 8.35. The van der Waals surface area contributed by atoms with Crippen LogP contribution in [-0.4, -0.2) is 61.0 Å². The molecular weight excluding hydrogens is 660 g/mol. The highest BCUT2D eigenvalue weighted by molar-refractivity contribution is 5.98. The molecule has 2 saturated carbocycles. The van der Waals surface area contributed by atoms with Crippen LogP contribution in [0.3, 0.4) is 0 Å². The Morgan fingerprint density at radius 1 is 0.904 bits per heavy atom. The van der Waals surface area contributed by atoms with Gasteiger partial charge in [-0.15, -0.1) is 0 Å². The largest absolute Gasteiger partial charge is 0.444 e. The van der Waals surface area contributed by atoms with E-state index < -0.39 is 17.7 Å². The number of aromatic amines is 3. The Hall–Kier alpha value is -5.46. The third-order valence-corrected chi connectivity index (χ3v) is 9.92. The first-order valence-corrected chi connectivity index (χ1v) is 18.1. The summed E-state index contributed by atoms with van der Waals surface area (Å²) in [6.07, 6.45) is 5.02. The second-order valence-corrected chi connectivity index (χ2v) is 15.3. The van der Waals surface area contributed by atoms with Crippen molar-refractivity contribution in [3.63, 3.8) is 0 Å². The van der Waals surface area contributed by atoms with Gasteiger partial charge < -0.3 is 35.6 Å². The molecule has 13 heteroatoms. The molecule has 0 unspecified atom stereocenters. The number of fused-ring (bicyclic) bond motifs is 2. The average molecular weight is 707 g/mol. The molecule has 2 aliphatic rings. The van der Waals surface area contributed by atoms with Gasteiger partial charge in [0.25, 0.3) is 0 Å². The van der Waals surface area contributed by atoms with Crippen molar-refractivity contribution in [3.8, 4) is 11.1 Å². The fourth-order valence-electron chi connectivity index (χ4n) is 6.96. The zero-order valence-electron chi connectivity index (χ0n) is 30.0. The Bertz CT molecular complexity index is 2160. The molecule has 3 heterocycles. The van der Waals surface area contributed by atoms with Crippen LogP contribution < -0.4 is 21.6 Å². The fourth-order valence-corrected chi connectivity index (χ4v) is 6.96. The number of nitrogens with one attached hydrogen (secondary N) is 6. The topological polar surface area (TPSA) is 187 Å². The lowest BCUT2D eigenvalue weighted by Crippen LogP contribution is -2.48. The number of imidazole rings is 2. The van der Waals surface area contributed by atoms with Crippen LogP contribution in [-0.2, 0) is 20.7 Å². The summed E-state index contributed by atoms with van der Waals surface area (Å²) < 4.78 is 5.35. The van der Waals surface area contributed by atoms with Gasteiger partial charge in [0.15, 0.2) is 5.65 Å². The van der Waals surface area contributed by atoms with Gasteiger partial charge in [-0.05, 0) is 108 Å². The predicted octanol–water partition coefficient (Wildman–Crippen LogP) is 5.98. The van der Waals surface area contributed by atoms with E-state index in [0.29, 0.717) is 42.0 Å². The fraction of sp³-hybridized carbons (Fsp3) is 0.436. The molecule has 5 aromatic rings. The highest BCUT2D eigenvalue weighted by atomic mass is 16.6. The number of H-pyrrole nitrogens is 3. The number of alkyl carbamates (subject to hydrolysis) is 1. The van der Waals surface area contributed by atoms with Crippen molar-refractivity contribution in [2.45, 2.75) is 90.2 Å². The van der Waals surface area contributed by atoms with Crippen molar-refractivity contribution in [2.75, 3.05) is 11.9 Å². The number of nitrogens with zero attached hydrogens (tertiary/aromatic N) is 2. The van der Waals surface area contributed by atoms with Crippen LogP contribution in [0.4, 0.5) is 10.5 Å². The molecule has 2 aromatic carbocycles. The van der Waals surface area contributed by atoms with E-state index in [0.717, 1.165) is 65.1 Å². The number of aromatic nitrogens is 5. The van der Waals surface area contributed by atoms with Crippen LogP contribution in [0.25, 0.3) is 33.3 Å². The number of aryl methyl sites for hydroxylation is 1. The van der Waals surface area contributed by atoms with Crippen molar-refractivity contribution in [2.24, 2.45) is 11.8 Å². The van der Waals surface area contributed by atoms with Crippen molar-refractivity contribution in [3.05, 3.63) is 76.1 Å². The normalized spacial score (nSPS) is 18.2. The van der Waals surface area contributed by atoms with E-state index in [4.69, 9.17) is 14.7 Å². The van der Waals surface area contributed by atoms with Gasteiger partial charge in [0, 0.05) is 41.7 Å². The summed E-state index contributed by atoms with van der Waals surface area (Å²) in [5.41, 5.74) is 6.21. The highest BCUT2D eigenvalue weighted by Crippen LogP contribution is 2.39. The lowest BCUT2D eigenvalue weighted by molar-refractivity contribution is -0.130. The standard InChI is InChI=1S/C39H46N8O5/c1-21-28(19-31-34(41-21)47-33(43-31)25-13-14-25)24-9-5-22(6-10-24)17-32(36(49)42-27-15-16-29-30(18-27)46-37(50)45-29)44-35(48)26-11-7-23(8-12-26)20-40-38(51)52-39(2,3)4/h5-6,9-10,15-16,18-19,23,25-26,32H,7-8,11-14,17,20H2,1-4H3,(H,40,51)(H,42,49)(H,44,48)(H,41,43,47)(H2,45,46,50)/t23-,26-,32-/m0/s1. The zero-order valence-corrected chi connectivity index (χ0v) is 30.0. The number of hydrogen-bond donors (Lipinski definition) is 6. The lowest BCUT2D eigenvalue weighted by Gasteiger charge is -2.29. The molecule has 3 amide bonds. The summed E-state index contributed by atoms with van der Waals surface area (Å²) in [6.45, 7) is 7.96. The molecule has 0 saturated heterocycles. The lowest BCUT2D eigenvalue weighted by atomic mass is 9.81. The van der Waals surface area contributed by atoms with Gasteiger partial charge in [0.1, 0.15) is 23.0 Å². The first kappa shape index (κ1) is 35.0. The van der Waals surface area contributed by atoms with E-state index in [2.05, 4.69) is 37.0 Å². The van der Waals surface area contributed by atoms with Crippen LogP contribution >= 0.6 is 0 Å². The number of rotatable bonds is 10. The van der Waals surface area contributed by atoms with E-state index >= 15 is 0 Å². The highest BCUT2D eigenvalue weighted by Gasteiger charge is 2.31. The van der Waals surface area contributed by atoms with Gasteiger partial charge in [-0.2, -0.15) is 0 Å². The van der Waals surface area contributed by atoms with Crippen molar-refractivity contribution in [1.29, 1.82) is 0 Å². The monoisotopic (exact) mass is 706 g/mol. The summed E-state index contributed by atoms with van der Waals surface area (Å²) in [7, 11) is 0. The molecule has 13 nitrogen and oxygen atoms in total. The zero-order chi connectivity index (χ0) is 36.6. The Kier molecular flexibility index (Phi) is 9.60. The molecule has 2 aliphatic carbocycles. The molecule has 0 radical (unpaired) electrons. The molecule has 7 rings (SSSR count). The average Bonchev–Trinajstić information content (AvgIpc) is 3.76. The van der Waals surface area contributed by atoms with Gasteiger partial charge in [-0.25, -0.2) is 19.6 Å². The Balaban J connectivity index is 1.03. The minimum absolute atomic E-state index is 0.166. The molecule has 52 heavy (non-hydrogen) atoms. The Labute approximate surface area is 301 Å². The van der Waals surface area contributed by atoms with Gasteiger partial charge >= 0.3 is 11.8 Å². The summed E-state index contributed by atoms with van der Waals surface area (Å²) in [6, 6.07) is 14.3. The van der Waals surface area contributed by atoms with Crippen LogP contribution in [0.5, 0.6) is 0 Å². The maximum Gasteiger partial charge on any atom is 0.407 e. The summed E-state index contributed by atoms with van der Waals surface area (Å²) in [5, 5.41) is 8.84. The van der Waals surface area contributed by atoms with Crippen LogP contribution in [0, 0.1) is 18.8 Å². The number of carbonyl (C=O) groups is 3. The molecule has 272 valence electrons. The predicted molar refractivity (Wildman–Crippen MR) is 199 cm³/mol. The molecule has 0 spiro atoms. The molecule has 0 aliphatic heterocycles. The Morgan fingerprint density at radius 3 is 2.35 bits per heavy atom. The molecule has 0 bridgehead atoms. The van der Waals surface area contributed by atoms with Crippen LogP contribution in [0.2, 0.25) is 0 Å². The van der Waals surface area contributed by atoms with E-state index in [-0.39, 0.29) is 35.8 Å². The molecule has 1 atom stereocenters. The first-order valence-electron chi connectivity index (χ1n) is 18.1. The SMILES string of the molecule is Cc1nc2[nH]c(C3CC3)nc2cc1-c1ccc(C[C@H](NC(=O)[C@H]2CC[C@H](CNC(=O)OC(C)(C)C)CC2)C(=O)Nc2ccc3[nH]c(=O)[nH]c3c2)cc1. The summed E-state index contributed by atoms with van der Waals surface area (Å²) >= 11 is 0. The number of carbonyl (C=O) groups excluding carboxylic acids is 3. The number of hydrogen-bond acceptors (Lipinski definition) is 7. The van der Waals surface area contributed by atoms with Crippen LogP contribution in [0.1, 0.15) is 82.3 Å². The number of pyridine rings is 1. The molecular formula is C39H46N8O5. The maximum atomic E-state index is 13.8. The van der Waals surface area contributed by atoms with E-state index in [9.17, 15) is 19.2 Å². The number of benzene rings is 2. The van der Waals surface area contributed by atoms with Crippen molar-refractivity contribution < 1.29 is 19.1 Å². The second-order valence-electron chi connectivity index (χ2n) is 15.3. The first-order chi connectivity index (χ1) is 24.9. The minimum Gasteiger partial charge on any atom is -0.444 e. The quantitative estimate of drug-likeness (QED) is 0.103. The Morgan fingerprint density at radius 2 is 1.63 bits per heavy atom. The van der Waals surface area contributed by atoms with Crippen LogP contribution in [0.15, 0.2) is 53.3 Å². The molecule has 3 aromatic heterocycles. The molecule has 2 fully saturated rings. The van der Waals surface area contributed by atoms with Gasteiger partial charge in [0.2, 0.25) is 11.8 Å². The number of ether oxygens (including phenoxy) is 1. The van der Waals surface area contributed by atoms with E-state index in [1.807, 2.05) is 52.0 Å². The second kappa shape index (κ2) is 14.3. The number of anilines is 1. The number of amides is 3. The summed E-state index contributed by atoms with van der Waals surface area (Å²) in [5.74, 6) is 0.985.